The fourth-order valence-corrected chi connectivity index (χ4v) is 2.85. The van der Waals surface area contributed by atoms with Crippen LogP contribution in [0.2, 0.25) is 0 Å². The Morgan fingerprint density at radius 2 is 1.92 bits per heavy atom. The van der Waals surface area contributed by atoms with Gasteiger partial charge in [-0.15, -0.1) is 0 Å². The van der Waals surface area contributed by atoms with Gasteiger partial charge in [0.15, 0.2) is 0 Å². The summed E-state index contributed by atoms with van der Waals surface area (Å²) in [5.74, 6) is 0.915. The van der Waals surface area contributed by atoms with Gasteiger partial charge in [-0.05, 0) is 37.6 Å². The number of carbonyl (C=O) groups excluding carboxylic acids is 1. The van der Waals surface area contributed by atoms with Crippen molar-refractivity contribution in [3.05, 3.63) is 64.0 Å². The lowest BCUT2D eigenvalue weighted by Crippen LogP contribution is -2.13. The second kappa shape index (κ2) is 7.61. The first-order valence-electron chi connectivity index (χ1n) is 7.97. The number of nitrogens with zero attached hydrogens (tertiary/aromatic N) is 2. The third-order valence-corrected chi connectivity index (χ3v) is 4.30. The Hall–Kier alpha value is -2.47. The Labute approximate surface area is 154 Å². The standard InChI is InChI=1S/C19H18BrN3O2/c1-12-3-5-14(6-4-12)19-22-18(25-23-19)10-9-17(24)21-16-8-7-15(20)11-13(16)2/h3-8,11H,9-10H2,1-2H3,(H,21,24). The highest BCUT2D eigenvalue weighted by Crippen LogP contribution is 2.20. The highest BCUT2D eigenvalue weighted by molar-refractivity contribution is 9.10. The molecule has 0 aliphatic heterocycles. The number of amides is 1. The number of anilines is 1. The molecule has 128 valence electrons. The van der Waals surface area contributed by atoms with Crippen LogP contribution in [-0.4, -0.2) is 16.0 Å². The summed E-state index contributed by atoms with van der Waals surface area (Å²) in [5.41, 5.74) is 3.88. The fourth-order valence-electron chi connectivity index (χ4n) is 2.38. The van der Waals surface area contributed by atoms with Gasteiger partial charge in [0.05, 0.1) is 0 Å². The quantitative estimate of drug-likeness (QED) is 0.675. The van der Waals surface area contributed by atoms with Gasteiger partial charge in [-0.1, -0.05) is 50.9 Å². The summed E-state index contributed by atoms with van der Waals surface area (Å²) >= 11 is 3.41. The first-order valence-corrected chi connectivity index (χ1v) is 8.76. The lowest BCUT2D eigenvalue weighted by atomic mass is 10.1. The molecule has 1 amide bonds. The zero-order valence-corrected chi connectivity index (χ0v) is 15.6. The molecule has 0 aliphatic rings. The van der Waals surface area contributed by atoms with E-state index in [2.05, 4.69) is 31.4 Å². The van der Waals surface area contributed by atoms with E-state index in [1.807, 2.05) is 56.3 Å². The molecule has 0 unspecified atom stereocenters. The maximum absolute atomic E-state index is 12.1. The van der Waals surface area contributed by atoms with Crippen molar-refractivity contribution in [2.24, 2.45) is 0 Å². The Morgan fingerprint density at radius 1 is 1.16 bits per heavy atom. The van der Waals surface area contributed by atoms with E-state index in [9.17, 15) is 4.79 Å². The van der Waals surface area contributed by atoms with Crippen LogP contribution in [-0.2, 0) is 11.2 Å². The lowest BCUT2D eigenvalue weighted by molar-refractivity contribution is -0.116. The second-order valence-corrected chi connectivity index (χ2v) is 6.80. The molecule has 1 N–H and O–H groups in total. The van der Waals surface area contributed by atoms with Crippen molar-refractivity contribution in [1.29, 1.82) is 0 Å². The Balaban J connectivity index is 1.58. The number of hydrogen-bond acceptors (Lipinski definition) is 4. The van der Waals surface area contributed by atoms with Gasteiger partial charge in [-0.2, -0.15) is 4.98 Å². The number of benzene rings is 2. The van der Waals surface area contributed by atoms with Gasteiger partial charge in [0.2, 0.25) is 17.6 Å². The van der Waals surface area contributed by atoms with Crippen LogP contribution in [0.5, 0.6) is 0 Å². The van der Waals surface area contributed by atoms with Crippen LogP contribution < -0.4 is 5.32 Å². The molecule has 0 saturated heterocycles. The molecule has 1 heterocycles. The predicted molar refractivity (Wildman–Crippen MR) is 100 cm³/mol. The van der Waals surface area contributed by atoms with Crippen LogP contribution in [0, 0.1) is 13.8 Å². The summed E-state index contributed by atoms with van der Waals surface area (Å²) in [6.45, 7) is 3.98. The minimum atomic E-state index is -0.0829. The van der Waals surface area contributed by atoms with Crippen molar-refractivity contribution < 1.29 is 9.32 Å². The molecular formula is C19H18BrN3O2. The second-order valence-electron chi connectivity index (χ2n) is 5.89. The van der Waals surface area contributed by atoms with Crippen LogP contribution >= 0.6 is 15.9 Å². The molecule has 3 aromatic rings. The Morgan fingerprint density at radius 3 is 2.64 bits per heavy atom. The van der Waals surface area contributed by atoms with Gasteiger partial charge in [0.1, 0.15) is 0 Å². The molecule has 0 aliphatic carbocycles. The molecule has 1 aromatic heterocycles. The van der Waals surface area contributed by atoms with Crippen molar-refractivity contribution >= 4 is 27.5 Å². The van der Waals surface area contributed by atoms with E-state index in [1.54, 1.807) is 0 Å². The molecule has 0 bridgehead atoms. The van der Waals surface area contributed by atoms with Gasteiger partial charge in [-0.3, -0.25) is 4.79 Å². The highest BCUT2D eigenvalue weighted by atomic mass is 79.9. The van der Waals surface area contributed by atoms with Crippen LogP contribution in [0.25, 0.3) is 11.4 Å². The summed E-state index contributed by atoms with van der Waals surface area (Å²) in [4.78, 5) is 16.5. The zero-order valence-electron chi connectivity index (χ0n) is 14.0. The van der Waals surface area contributed by atoms with Crippen LogP contribution in [0.4, 0.5) is 5.69 Å². The van der Waals surface area contributed by atoms with Gasteiger partial charge in [-0.25, -0.2) is 0 Å². The highest BCUT2D eigenvalue weighted by Gasteiger charge is 2.11. The average Bonchev–Trinajstić information content (AvgIpc) is 3.05. The molecule has 6 heteroatoms. The normalized spacial score (nSPS) is 10.7. The van der Waals surface area contributed by atoms with E-state index in [0.717, 1.165) is 21.3 Å². The van der Waals surface area contributed by atoms with Crippen LogP contribution in [0.3, 0.4) is 0 Å². The number of aryl methyl sites for hydroxylation is 3. The van der Waals surface area contributed by atoms with Crippen molar-refractivity contribution in [3.63, 3.8) is 0 Å². The molecular weight excluding hydrogens is 382 g/mol. The monoisotopic (exact) mass is 399 g/mol. The van der Waals surface area contributed by atoms with Gasteiger partial charge >= 0.3 is 0 Å². The van der Waals surface area contributed by atoms with Gasteiger partial charge in [0.25, 0.3) is 0 Å². The SMILES string of the molecule is Cc1ccc(-c2noc(CCC(=O)Nc3ccc(Br)cc3C)n2)cc1. The Kier molecular flexibility index (Phi) is 5.28. The van der Waals surface area contributed by atoms with Gasteiger partial charge in [0, 0.05) is 28.6 Å². The van der Waals surface area contributed by atoms with Crippen molar-refractivity contribution in [1.82, 2.24) is 10.1 Å². The van der Waals surface area contributed by atoms with E-state index < -0.39 is 0 Å². The number of hydrogen-bond donors (Lipinski definition) is 1. The minimum absolute atomic E-state index is 0.0829. The lowest BCUT2D eigenvalue weighted by Gasteiger charge is -2.07. The maximum Gasteiger partial charge on any atom is 0.227 e. The fraction of sp³-hybridized carbons (Fsp3) is 0.211. The molecule has 0 atom stereocenters. The number of halogens is 1. The van der Waals surface area contributed by atoms with Crippen molar-refractivity contribution in [3.8, 4) is 11.4 Å². The van der Waals surface area contributed by atoms with Crippen LogP contribution in [0.15, 0.2) is 51.5 Å². The van der Waals surface area contributed by atoms with Crippen molar-refractivity contribution in [2.45, 2.75) is 26.7 Å². The third kappa shape index (κ3) is 4.54. The van der Waals surface area contributed by atoms with E-state index >= 15 is 0 Å². The zero-order chi connectivity index (χ0) is 17.8. The first-order chi connectivity index (χ1) is 12.0. The average molecular weight is 400 g/mol. The minimum Gasteiger partial charge on any atom is -0.339 e. The van der Waals surface area contributed by atoms with E-state index in [1.165, 1.54) is 5.56 Å². The van der Waals surface area contributed by atoms with Crippen molar-refractivity contribution in [2.75, 3.05) is 5.32 Å². The van der Waals surface area contributed by atoms with E-state index in [0.29, 0.717) is 18.1 Å². The third-order valence-electron chi connectivity index (χ3n) is 3.81. The largest absolute Gasteiger partial charge is 0.339 e. The van der Waals surface area contributed by atoms with Gasteiger partial charge < -0.3 is 9.84 Å². The summed E-state index contributed by atoms with van der Waals surface area (Å²) in [7, 11) is 0. The summed E-state index contributed by atoms with van der Waals surface area (Å²) in [6.07, 6.45) is 0.686. The molecule has 0 fully saturated rings. The number of carbonyl (C=O) groups is 1. The summed E-state index contributed by atoms with van der Waals surface area (Å²) in [5, 5.41) is 6.88. The van der Waals surface area contributed by atoms with Crippen LogP contribution in [0.1, 0.15) is 23.4 Å². The molecule has 2 aromatic carbocycles. The molecule has 25 heavy (non-hydrogen) atoms. The van der Waals surface area contributed by atoms with E-state index in [-0.39, 0.29) is 12.3 Å². The smallest absolute Gasteiger partial charge is 0.227 e. The number of nitrogens with one attached hydrogen (secondary N) is 1. The molecule has 3 rings (SSSR count). The van der Waals surface area contributed by atoms with E-state index in [4.69, 9.17) is 4.52 Å². The number of rotatable bonds is 5. The molecule has 0 radical (unpaired) electrons. The Bertz CT molecular complexity index is 888. The molecule has 5 nitrogen and oxygen atoms in total. The predicted octanol–water partition coefficient (Wildman–Crippen LogP) is 4.69. The number of aromatic nitrogens is 2. The first kappa shape index (κ1) is 17.4. The molecule has 0 spiro atoms. The maximum atomic E-state index is 12.1. The summed E-state index contributed by atoms with van der Waals surface area (Å²) in [6, 6.07) is 13.6. The molecule has 0 saturated carbocycles. The topological polar surface area (TPSA) is 68.0 Å². The summed E-state index contributed by atoms with van der Waals surface area (Å²) < 4.78 is 6.23.